The molecule has 5 nitrogen and oxygen atoms in total. The van der Waals surface area contributed by atoms with Gasteiger partial charge in [-0.25, -0.2) is 4.98 Å². The molecule has 0 amide bonds. The number of hydrogen-bond donors (Lipinski definition) is 0. The van der Waals surface area contributed by atoms with E-state index in [2.05, 4.69) is 87.2 Å². The minimum atomic E-state index is 0.842. The molecule has 0 radical (unpaired) electrons. The van der Waals surface area contributed by atoms with Gasteiger partial charge >= 0.3 is 0 Å². The maximum Gasteiger partial charge on any atom is 0.220 e. The second kappa shape index (κ2) is 7.39. The van der Waals surface area contributed by atoms with E-state index < -0.39 is 0 Å². The van der Waals surface area contributed by atoms with Crippen molar-refractivity contribution in [1.29, 1.82) is 0 Å². The van der Waals surface area contributed by atoms with Crippen LogP contribution in [0.25, 0.3) is 39.1 Å². The lowest BCUT2D eigenvalue weighted by Crippen LogP contribution is -2.14. The van der Waals surface area contributed by atoms with Crippen LogP contribution in [-0.2, 0) is 0 Å². The van der Waals surface area contributed by atoms with E-state index in [1.807, 2.05) is 36.7 Å². The molecule has 0 bridgehead atoms. The van der Waals surface area contributed by atoms with Crippen LogP contribution in [0.5, 0.6) is 0 Å². The smallest absolute Gasteiger partial charge is 0.220 e. The third kappa shape index (κ3) is 2.77. The molecule has 5 heteroatoms. The van der Waals surface area contributed by atoms with Crippen LogP contribution in [0, 0.1) is 0 Å². The van der Waals surface area contributed by atoms with Gasteiger partial charge in [-0.3, -0.25) is 19.4 Å². The fourth-order valence-electron chi connectivity index (χ4n) is 4.76. The lowest BCUT2D eigenvalue weighted by Gasteiger charge is -2.24. The number of rotatable bonds is 2. The first-order chi connectivity index (χ1) is 16.9. The lowest BCUT2D eigenvalue weighted by atomic mass is 10.0. The predicted octanol–water partition coefficient (Wildman–Crippen LogP) is 6.93. The molecule has 0 spiro atoms. The van der Waals surface area contributed by atoms with Gasteiger partial charge in [0.15, 0.2) is 0 Å². The predicted molar refractivity (Wildman–Crippen MR) is 136 cm³/mol. The second-order valence-corrected chi connectivity index (χ2v) is 8.25. The molecular weight excluding hydrogens is 418 g/mol. The number of aromatic nitrogens is 4. The minimum absolute atomic E-state index is 0.842. The van der Waals surface area contributed by atoms with E-state index in [0.717, 1.165) is 50.9 Å². The number of benzene rings is 3. The monoisotopic (exact) mass is 437 g/mol. The van der Waals surface area contributed by atoms with Crippen LogP contribution >= 0.6 is 0 Å². The van der Waals surface area contributed by atoms with Gasteiger partial charge in [-0.2, -0.15) is 0 Å². The molecule has 34 heavy (non-hydrogen) atoms. The van der Waals surface area contributed by atoms with Crippen LogP contribution in [0.3, 0.4) is 0 Å². The van der Waals surface area contributed by atoms with Crippen LogP contribution in [0.1, 0.15) is 0 Å². The van der Waals surface area contributed by atoms with Crippen LogP contribution in [0.15, 0.2) is 116 Å². The Labute approximate surface area is 196 Å². The van der Waals surface area contributed by atoms with Gasteiger partial charge in [-0.15, -0.1) is 0 Å². The van der Waals surface area contributed by atoms with Gasteiger partial charge in [0.25, 0.3) is 0 Å². The van der Waals surface area contributed by atoms with Crippen LogP contribution in [0.2, 0.25) is 0 Å². The summed E-state index contributed by atoms with van der Waals surface area (Å²) in [6.07, 6.45) is 5.52. The van der Waals surface area contributed by atoms with Crippen molar-refractivity contribution < 1.29 is 0 Å². The maximum atomic E-state index is 5.10. The molecule has 0 saturated heterocycles. The fraction of sp³-hybridized carbons (Fsp3) is 0. The summed E-state index contributed by atoms with van der Waals surface area (Å²) in [7, 11) is 0. The Bertz CT molecular complexity index is 1650. The number of fused-ring (bicyclic) bond motifs is 7. The van der Waals surface area contributed by atoms with Gasteiger partial charge in [0.05, 0.1) is 40.0 Å². The highest BCUT2D eigenvalue weighted by Gasteiger charge is 2.28. The summed E-state index contributed by atoms with van der Waals surface area (Å²) in [5.74, 6) is 0.842. The summed E-state index contributed by atoms with van der Waals surface area (Å²) < 4.78 is 2.25. The van der Waals surface area contributed by atoms with Gasteiger partial charge in [0.2, 0.25) is 5.95 Å². The molecule has 3 aromatic carbocycles. The summed E-state index contributed by atoms with van der Waals surface area (Å²) in [4.78, 5) is 16.3. The molecule has 4 heterocycles. The molecule has 0 N–H and O–H groups in total. The standard InChI is InChI=1S/C29H19N5/c1-4-12-26-22(9-1)23-10-2-5-13-27(23)34-28-14-6-3-11-25(28)32-29(34)33(26)21-15-16-24(31-19-21)20-8-7-17-30-18-20/h1-19H. The van der Waals surface area contributed by atoms with Gasteiger partial charge in [0, 0.05) is 29.1 Å². The fourth-order valence-corrected chi connectivity index (χ4v) is 4.76. The quantitative estimate of drug-likeness (QED) is 0.294. The number of imidazole rings is 1. The summed E-state index contributed by atoms with van der Waals surface area (Å²) in [6.45, 7) is 0. The van der Waals surface area contributed by atoms with Crippen molar-refractivity contribution >= 4 is 28.4 Å². The van der Waals surface area contributed by atoms with Crippen LogP contribution in [0.4, 0.5) is 17.3 Å². The molecular formula is C29H19N5. The summed E-state index contributed by atoms with van der Waals surface area (Å²) in [6, 6.07) is 33.4. The average Bonchev–Trinajstić information content (AvgIpc) is 3.23. The van der Waals surface area contributed by atoms with Gasteiger partial charge in [-0.05, 0) is 48.5 Å². The molecule has 0 saturated carbocycles. The van der Waals surface area contributed by atoms with E-state index in [0.29, 0.717) is 0 Å². The molecule has 7 rings (SSSR count). The van der Waals surface area contributed by atoms with E-state index in [-0.39, 0.29) is 0 Å². The van der Waals surface area contributed by atoms with E-state index >= 15 is 0 Å². The van der Waals surface area contributed by atoms with E-state index in [1.54, 1.807) is 6.20 Å². The van der Waals surface area contributed by atoms with Crippen molar-refractivity contribution in [2.45, 2.75) is 0 Å². The van der Waals surface area contributed by atoms with Crippen molar-refractivity contribution in [2.75, 3.05) is 4.90 Å². The Hall–Kier alpha value is -4.77. The highest BCUT2D eigenvalue weighted by Crippen LogP contribution is 2.47. The zero-order valence-electron chi connectivity index (χ0n) is 18.2. The molecule has 1 aliphatic heterocycles. The zero-order valence-corrected chi connectivity index (χ0v) is 18.2. The first-order valence-corrected chi connectivity index (χ1v) is 11.2. The molecule has 0 aliphatic carbocycles. The Balaban J connectivity index is 1.51. The number of hydrogen-bond acceptors (Lipinski definition) is 4. The Kier molecular flexibility index (Phi) is 4.08. The zero-order chi connectivity index (χ0) is 22.5. The van der Waals surface area contributed by atoms with Crippen molar-refractivity contribution in [3.05, 3.63) is 116 Å². The van der Waals surface area contributed by atoms with Gasteiger partial charge in [-0.1, -0.05) is 48.5 Å². The third-order valence-corrected chi connectivity index (χ3v) is 6.29. The normalized spacial score (nSPS) is 12.1. The van der Waals surface area contributed by atoms with Crippen molar-refractivity contribution in [2.24, 2.45) is 0 Å². The van der Waals surface area contributed by atoms with Crippen LogP contribution < -0.4 is 4.90 Å². The van der Waals surface area contributed by atoms with Crippen LogP contribution in [-0.4, -0.2) is 19.5 Å². The average molecular weight is 438 g/mol. The summed E-state index contributed by atoms with van der Waals surface area (Å²) in [5.41, 5.74) is 9.36. The van der Waals surface area contributed by atoms with Crippen molar-refractivity contribution in [1.82, 2.24) is 19.5 Å². The van der Waals surface area contributed by atoms with Crippen molar-refractivity contribution in [3.8, 4) is 28.1 Å². The SMILES string of the molecule is c1cncc(-c2ccc(N3c4ccccc4-c4ccccc4-n4c3nc3ccccc34)cn2)c1. The molecule has 3 aromatic heterocycles. The number of anilines is 3. The first-order valence-electron chi connectivity index (χ1n) is 11.2. The van der Waals surface area contributed by atoms with E-state index in [4.69, 9.17) is 9.97 Å². The van der Waals surface area contributed by atoms with E-state index in [1.165, 1.54) is 5.56 Å². The Morgan fingerprint density at radius 3 is 2.18 bits per heavy atom. The third-order valence-electron chi connectivity index (χ3n) is 6.29. The Morgan fingerprint density at radius 1 is 0.618 bits per heavy atom. The van der Waals surface area contributed by atoms with Gasteiger partial charge < -0.3 is 0 Å². The maximum absolute atomic E-state index is 5.10. The number of nitrogens with zero attached hydrogens (tertiary/aromatic N) is 5. The van der Waals surface area contributed by atoms with Gasteiger partial charge in [0.1, 0.15) is 0 Å². The van der Waals surface area contributed by atoms with E-state index in [9.17, 15) is 0 Å². The molecule has 6 aromatic rings. The molecule has 0 unspecified atom stereocenters. The largest absolute Gasteiger partial charge is 0.278 e. The number of pyridine rings is 2. The molecule has 0 atom stereocenters. The Morgan fingerprint density at radius 2 is 1.38 bits per heavy atom. The molecule has 160 valence electrons. The highest BCUT2D eigenvalue weighted by atomic mass is 15.3. The topological polar surface area (TPSA) is 46.8 Å². The highest BCUT2D eigenvalue weighted by molar-refractivity contribution is 5.96. The minimum Gasteiger partial charge on any atom is -0.278 e. The second-order valence-electron chi connectivity index (χ2n) is 8.25. The summed E-state index contributed by atoms with van der Waals surface area (Å²) in [5, 5.41) is 0. The number of para-hydroxylation sites is 4. The molecule has 0 fully saturated rings. The molecule has 1 aliphatic rings. The first kappa shape index (κ1) is 18.8. The lowest BCUT2D eigenvalue weighted by molar-refractivity contribution is 1.05. The van der Waals surface area contributed by atoms with Crippen molar-refractivity contribution in [3.63, 3.8) is 0 Å². The summed E-state index contributed by atoms with van der Waals surface area (Å²) >= 11 is 0.